The van der Waals surface area contributed by atoms with E-state index < -0.39 is 7.26 Å². The van der Waals surface area contributed by atoms with Crippen LogP contribution in [0.2, 0.25) is 0 Å². The van der Waals surface area contributed by atoms with Gasteiger partial charge in [-0.2, -0.15) is 0 Å². The molecule has 0 aliphatic carbocycles. The van der Waals surface area contributed by atoms with Gasteiger partial charge in [0.25, 0.3) is 0 Å². The lowest BCUT2D eigenvalue weighted by atomic mass is 9.67. The fraction of sp³-hybridized carbons (Fsp3) is 0.172. The summed E-state index contributed by atoms with van der Waals surface area (Å²) in [4.78, 5) is 1.58. The fourth-order valence-electron chi connectivity index (χ4n) is 5.44. The Morgan fingerprint density at radius 3 is 1.36 bits per heavy atom. The van der Waals surface area contributed by atoms with Crippen LogP contribution in [0.5, 0.6) is 0 Å². The van der Waals surface area contributed by atoms with Crippen LogP contribution in [0.4, 0.5) is 0 Å². The second-order valence-electron chi connectivity index (χ2n) is 8.81. The summed E-state index contributed by atoms with van der Waals surface area (Å²) in [6.07, 6.45) is 0. The SMILES string of the molecule is C[C@@H]1[C@@H]([P+](c2ccccc2)(c2ccccc2)c2ccccc2)[B-][NH+]1[C@@H](C)c1ccccc1.[Br-]. The van der Waals surface area contributed by atoms with E-state index in [1.54, 1.807) is 4.81 Å². The third-order valence-electron chi connectivity index (χ3n) is 7.14. The van der Waals surface area contributed by atoms with Crippen LogP contribution in [0.15, 0.2) is 121 Å². The first-order valence-electron chi connectivity index (χ1n) is 11.5. The first kappa shape index (κ1) is 24.0. The zero-order valence-electron chi connectivity index (χ0n) is 19.2. The largest absolute Gasteiger partial charge is 1.00 e. The zero-order chi connectivity index (χ0) is 22.0. The molecule has 1 aliphatic rings. The average Bonchev–Trinajstić information content (AvgIpc) is 2.88. The number of quaternary nitrogens is 1. The molecule has 1 nitrogen and oxygen atoms in total. The van der Waals surface area contributed by atoms with Crippen LogP contribution in [-0.4, -0.2) is 19.0 Å². The first-order valence-corrected chi connectivity index (χ1v) is 13.4. The summed E-state index contributed by atoms with van der Waals surface area (Å²) in [6, 6.07) is 45.7. The fourth-order valence-corrected chi connectivity index (χ4v) is 10.5. The Bertz CT molecular complexity index is 1040. The topological polar surface area (TPSA) is 4.44 Å². The van der Waals surface area contributed by atoms with Gasteiger partial charge in [0.15, 0.2) is 0 Å². The van der Waals surface area contributed by atoms with Gasteiger partial charge in [-0.25, -0.2) is 0 Å². The van der Waals surface area contributed by atoms with Crippen LogP contribution < -0.4 is 37.7 Å². The van der Waals surface area contributed by atoms with Gasteiger partial charge < -0.3 is 21.8 Å². The van der Waals surface area contributed by atoms with E-state index in [9.17, 15) is 0 Å². The molecular weight excluding hydrogens is 484 g/mol. The molecule has 1 N–H and O–H groups in total. The van der Waals surface area contributed by atoms with Gasteiger partial charge in [0.05, 0.1) is 20.7 Å². The van der Waals surface area contributed by atoms with Crippen molar-refractivity contribution in [2.45, 2.75) is 31.5 Å². The van der Waals surface area contributed by atoms with Crippen molar-refractivity contribution >= 4 is 30.6 Å². The highest BCUT2D eigenvalue weighted by atomic mass is 79.9. The van der Waals surface area contributed by atoms with Gasteiger partial charge in [-0.1, -0.05) is 84.9 Å². The number of halogens is 1. The van der Waals surface area contributed by atoms with Gasteiger partial charge in [-0.3, -0.25) is 0 Å². The second kappa shape index (κ2) is 10.4. The lowest BCUT2D eigenvalue weighted by molar-refractivity contribution is -0.866. The van der Waals surface area contributed by atoms with E-state index in [2.05, 4.69) is 143 Å². The van der Waals surface area contributed by atoms with E-state index in [0.717, 1.165) is 0 Å². The summed E-state index contributed by atoms with van der Waals surface area (Å²) in [5, 5.41) is 4.41. The van der Waals surface area contributed by atoms with Crippen LogP contribution in [0.25, 0.3) is 0 Å². The van der Waals surface area contributed by atoms with Crippen molar-refractivity contribution in [3.05, 3.63) is 127 Å². The number of rotatable bonds is 6. The molecule has 4 heteroatoms. The van der Waals surface area contributed by atoms with Crippen molar-refractivity contribution in [1.82, 2.24) is 0 Å². The van der Waals surface area contributed by atoms with E-state index in [1.807, 2.05) is 0 Å². The van der Waals surface area contributed by atoms with E-state index in [1.165, 1.54) is 21.5 Å². The maximum atomic E-state index is 2.61. The summed E-state index contributed by atoms with van der Waals surface area (Å²) in [6.45, 7) is 4.81. The highest BCUT2D eigenvalue weighted by Gasteiger charge is 2.56. The number of hydrogen-bond acceptors (Lipinski definition) is 0. The molecule has 5 rings (SSSR count). The Hall–Kier alpha value is -2.19. The van der Waals surface area contributed by atoms with Crippen LogP contribution >= 0.6 is 7.26 Å². The molecule has 0 aromatic heterocycles. The highest BCUT2D eigenvalue weighted by Crippen LogP contribution is 2.61. The predicted octanol–water partition coefficient (Wildman–Crippen LogP) is 0.978. The average molecular weight is 514 g/mol. The van der Waals surface area contributed by atoms with Gasteiger partial charge >= 0.3 is 0 Å². The van der Waals surface area contributed by atoms with Gasteiger partial charge in [-0.15, -0.1) is 0 Å². The lowest BCUT2D eigenvalue weighted by Gasteiger charge is -2.60. The van der Waals surface area contributed by atoms with Crippen LogP contribution in [-0.2, 0) is 0 Å². The molecule has 4 aromatic rings. The van der Waals surface area contributed by atoms with E-state index in [0.29, 0.717) is 17.6 Å². The summed E-state index contributed by atoms with van der Waals surface area (Å²) >= 11 is 0. The number of benzene rings is 4. The van der Waals surface area contributed by atoms with E-state index >= 15 is 0 Å². The Morgan fingerprint density at radius 2 is 1.00 bits per heavy atom. The minimum atomic E-state index is -1.86. The second-order valence-corrected chi connectivity index (χ2v) is 12.4. The quantitative estimate of drug-likeness (QED) is 0.289. The molecule has 1 heterocycles. The van der Waals surface area contributed by atoms with Crippen molar-refractivity contribution in [2.24, 2.45) is 0 Å². The van der Waals surface area contributed by atoms with Gasteiger partial charge in [0, 0.05) is 17.2 Å². The third kappa shape index (κ3) is 4.23. The van der Waals surface area contributed by atoms with Crippen LogP contribution in [0, 0.1) is 0 Å². The summed E-state index contributed by atoms with van der Waals surface area (Å²) < 4.78 is 0. The van der Waals surface area contributed by atoms with Crippen molar-refractivity contribution < 1.29 is 21.8 Å². The minimum absolute atomic E-state index is 0. The van der Waals surface area contributed by atoms with Gasteiger partial charge in [0.1, 0.15) is 15.9 Å². The van der Waals surface area contributed by atoms with Gasteiger partial charge in [-0.05, 0) is 50.2 Å². The minimum Gasteiger partial charge on any atom is -1.00 e. The molecule has 2 radical (unpaired) electrons. The first-order chi connectivity index (χ1) is 15.7. The van der Waals surface area contributed by atoms with Crippen molar-refractivity contribution in [3.8, 4) is 0 Å². The molecule has 1 saturated heterocycles. The lowest BCUT2D eigenvalue weighted by Crippen LogP contribution is -3.27. The van der Waals surface area contributed by atoms with Crippen LogP contribution in [0.3, 0.4) is 0 Å². The summed E-state index contributed by atoms with van der Waals surface area (Å²) in [5.41, 5.74) is 1.91. The third-order valence-corrected chi connectivity index (χ3v) is 12.0. The zero-order valence-corrected chi connectivity index (χ0v) is 21.7. The molecule has 0 saturated carbocycles. The van der Waals surface area contributed by atoms with Crippen molar-refractivity contribution in [2.75, 3.05) is 0 Å². The molecule has 4 atom stereocenters. The molecule has 0 amide bonds. The highest BCUT2D eigenvalue weighted by molar-refractivity contribution is 7.97. The van der Waals surface area contributed by atoms with Crippen molar-refractivity contribution in [1.29, 1.82) is 0 Å². The Morgan fingerprint density at radius 1 is 0.636 bits per heavy atom. The molecule has 33 heavy (non-hydrogen) atoms. The predicted molar refractivity (Wildman–Crippen MR) is 140 cm³/mol. The maximum absolute atomic E-state index is 2.61. The number of nitrogens with one attached hydrogen (secondary N) is 1. The molecule has 1 aliphatic heterocycles. The van der Waals surface area contributed by atoms with Crippen molar-refractivity contribution in [3.63, 3.8) is 0 Å². The molecule has 166 valence electrons. The normalized spacial score (nSPS) is 20.8. The monoisotopic (exact) mass is 513 g/mol. The smallest absolute Gasteiger partial charge is 0.101 e. The van der Waals surface area contributed by atoms with E-state index in [4.69, 9.17) is 0 Å². The summed E-state index contributed by atoms with van der Waals surface area (Å²) in [5.74, 6) is 0. The Kier molecular flexibility index (Phi) is 7.54. The molecule has 0 bridgehead atoms. The summed E-state index contributed by atoms with van der Waals surface area (Å²) in [7, 11) is 0.756. The van der Waals surface area contributed by atoms with E-state index in [-0.39, 0.29) is 17.0 Å². The Labute approximate surface area is 210 Å². The number of hydrogen-bond donors (Lipinski definition) is 1. The molecular formula is C29H30BBrNP. The maximum Gasteiger partial charge on any atom is 0.101 e. The standard InChI is InChI=1S/C29H30BNP.BrH/c1-23(25-15-7-3-8-16-25)31-24(2)29(30-31)32(26-17-9-4-10-18-26,27-19-11-5-12-20-27)28-21-13-6-14-22-28;/h3-24,29,31H,1-2H3;1H/q+1;/p-1/t23-,24+,29+;/m0./s1. The van der Waals surface area contributed by atoms with Gasteiger partial charge in [0.2, 0.25) is 0 Å². The molecule has 1 fully saturated rings. The molecule has 0 spiro atoms. The van der Waals surface area contributed by atoms with Crippen LogP contribution in [0.1, 0.15) is 25.5 Å². The Balaban J connectivity index is 0.00000259. The molecule has 1 unspecified atom stereocenters. The molecule has 4 aromatic carbocycles.